The first-order valence-electron chi connectivity index (χ1n) is 17.5. The maximum Gasteiger partial charge on any atom is 0.331 e. The molecule has 17 heteroatoms. The maximum absolute atomic E-state index is 13.8. The number of halogens is 2. The number of esters is 2. The number of benzene rings is 3. The Balaban J connectivity index is 1.12. The van der Waals surface area contributed by atoms with Gasteiger partial charge in [0.1, 0.15) is 11.6 Å². The van der Waals surface area contributed by atoms with Crippen LogP contribution in [0, 0.1) is 0 Å². The zero-order chi connectivity index (χ0) is 39.3. The second kappa shape index (κ2) is 17.9. The number of rotatable bonds is 14. The van der Waals surface area contributed by atoms with Crippen molar-refractivity contribution < 1.29 is 45.7 Å². The highest BCUT2D eigenvalue weighted by atomic mass is 35.5. The van der Waals surface area contributed by atoms with Crippen molar-refractivity contribution in [3.63, 3.8) is 0 Å². The van der Waals surface area contributed by atoms with Gasteiger partial charge in [0, 0.05) is 54.1 Å². The van der Waals surface area contributed by atoms with Crippen LogP contribution in [0.3, 0.4) is 0 Å². The highest BCUT2D eigenvalue weighted by Crippen LogP contribution is 2.35. The lowest BCUT2D eigenvalue weighted by molar-refractivity contribution is -0.168. The molecule has 1 saturated heterocycles. The number of carbonyl (C=O) groups is 4. The normalized spacial score (nSPS) is 17.4. The van der Waals surface area contributed by atoms with Crippen molar-refractivity contribution in [2.24, 2.45) is 0 Å². The van der Waals surface area contributed by atoms with Crippen LogP contribution in [0.4, 0.5) is 0 Å². The molecule has 55 heavy (non-hydrogen) atoms. The highest BCUT2D eigenvalue weighted by molar-refractivity contribution is 8.69. The van der Waals surface area contributed by atoms with Crippen molar-refractivity contribution >= 4 is 88.4 Å². The Morgan fingerprint density at radius 3 is 2.65 bits per heavy atom. The molecule has 1 fully saturated rings. The van der Waals surface area contributed by atoms with Gasteiger partial charge in [0.05, 0.1) is 36.6 Å². The van der Waals surface area contributed by atoms with Gasteiger partial charge in [0.15, 0.2) is 9.84 Å². The minimum Gasteiger partial charge on any atom is -0.464 e. The fourth-order valence-corrected chi connectivity index (χ4v) is 11.5. The summed E-state index contributed by atoms with van der Waals surface area (Å²) in [5.41, 5.74) is 2.67. The molecule has 0 aliphatic carbocycles. The highest BCUT2D eigenvalue weighted by Gasteiger charge is 2.31. The summed E-state index contributed by atoms with van der Waals surface area (Å²) in [6.45, 7) is -0.190. The van der Waals surface area contributed by atoms with Gasteiger partial charge in [-0.05, 0) is 78.8 Å². The Hall–Kier alpha value is -3.89. The molecule has 2 aliphatic rings. The number of fused-ring (bicyclic) bond motifs is 2. The van der Waals surface area contributed by atoms with E-state index in [4.69, 9.17) is 37.1 Å². The first-order chi connectivity index (χ1) is 26.3. The van der Waals surface area contributed by atoms with E-state index in [1.807, 2.05) is 12.1 Å². The number of nitrogens with zero attached hydrogens (tertiary/aromatic N) is 1. The monoisotopic (exact) mass is 848 g/mol. The van der Waals surface area contributed by atoms with Crippen molar-refractivity contribution in [2.45, 2.75) is 67.7 Å². The van der Waals surface area contributed by atoms with Crippen LogP contribution >= 0.6 is 34.0 Å². The van der Waals surface area contributed by atoms with Crippen molar-refractivity contribution in [1.82, 2.24) is 10.2 Å². The molecule has 292 valence electrons. The minimum absolute atomic E-state index is 0.00698. The van der Waals surface area contributed by atoms with Crippen molar-refractivity contribution in [1.29, 1.82) is 0 Å². The summed E-state index contributed by atoms with van der Waals surface area (Å²) in [5, 5.41) is 3.90. The molecule has 3 aromatic carbocycles. The van der Waals surface area contributed by atoms with E-state index in [0.717, 1.165) is 30.9 Å². The molecule has 0 radical (unpaired) electrons. The third-order valence-electron chi connectivity index (χ3n) is 9.41. The van der Waals surface area contributed by atoms with E-state index < -0.39 is 50.3 Å². The standard InChI is InChI=1S/C38H38Cl2N2O10S3/c1-55(48,49)28-7-4-5-23(17-28)18-31(38(46)52-22-51-33(43)8-3-2-6-27-13-16-54(47)53-27)41-36(44)34-30(39)19-26-21-42(14-11-29(26)35(34)40)37(45)25-10-9-24-12-15-50-32(24)20-25/h4-5,7,9-10,12,15,17,19-20,27,31H,2-3,6,8,11,13-14,16,18,21-22H2,1H3,(H,41,44)/t27-,31?,54?/m1/s1. The molecular formula is C38H38Cl2N2O10S3. The number of unbranched alkanes of at least 4 members (excludes halogenated alkanes) is 1. The van der Waals surface area contributed by atoms with Crippen molar-refractivity contribution in [2.75, 3.05) is 25.3 Å². The van der Waals surface area contributed by atoms with E-state index in [1.54, 1.807) is 35.4 Å². The molecule has 3 heterocycles. The van der Waals surface area contributed by atoms with Crippen LogP contribution in [0.25, 0.3) is 11.0 Å². The van der Waals surface area contributed by atoms with Crippen LogP contribution in [0.15, 0.2) is 70.2 Å². The molecular weight excluding hydrogens is 812 g/mol. The predicted octanol–water partition coefficient (Wildman–Crippen LogP) is 6.46. The van der Waals surface area contributed by atoms with Crippen LogP contribution in [-0.4, -0.2) is 77.9 Å². The van der Waals surface area contributed by atoms with Crippen LogP contribution < -0.4 is 5.32 Å². The molecule has 2 unspecified atom stereocenters. The Labute approximate surface area is 334 Å². The van der Waals surface area contributed by atoms with Gasteiger partial charge in [0.2, 0.25) is 6.79 Å². The largest absolute Gasteiger partial charge is 0.464 e. The van der Waals surface area contributed by atoms with Gasteiger partial charge in [-0.3, -0.25) is 14.4 Å². The number of furan rings is 1. The number of nitrogens with one attached hydrogen (secondary N) is 1. The van der Waals surface area contributed by atoms with E-state index in [-0.39, 0.29) is 45.8 Å². The van der Waals surface area contributed by atoms with Crippen LogP contribution in [0.2, 0.25) is 10.0 Å². The Morgan fingerprint density at radius 2 is 1.89 bits per heavy atom. The number of carbonyl (C=O) groups excluding carboxylic acids is 4. The van der Waals surface area contributed by atoms with Gasteiger partial charge in [-0.15, -0.1) is 0 Å². The molecule has 4 aromatic rings. The molecule has 2 amide bonds. The van der Waals surface area contributed by atoms with Gasteiger partial charge in [-0.25, -0.2) is 17.4 Å². The van der Waals surface area contributed by atoms with Gasteiger partial charge in [-0.2, -0.15) is 0 Å². The average Bonchev–Trinajstić information content (AvgIpc) is 3.80. The fourth-order valence-electron chi connectivity index (χ4n) is 6.50. The zero-order valence-corrected chi connectivity index (χ0v) is 33.7. The fraction of sp³-hybridized carbons (Fsp3) is 0.368. The number of sulfone groups is 1. The topological polar surface area (TPSA) is 166 Å². The smallest absolute Gasteiger partial charge is 0.331 e. The Morgan fingerprint density at radius 1 is 1.07 bits per heavy atom. The molecule has 1 N–H and O–H groups in total. The first kappa shape index (κ1) is 40.8. The molecule has 0 spiro atoms. The molecule has 1 aromatic heterocycles. The third-order valence-corrected chi connectivity index (χ3v) is 14.7. The summed E-state index contributed by atoms with van der Waals surface area (Å²) in [4.78, 5) is 54.6. The summed E-state index contributed by atoms with van der Waals surface area (Å²) in [6, 6.07) is 13.2. The number of hydrogen-bond acceptors (Lipinski definition) is 11. The van der Waals surface area contributed by atoms with E-state index in [0.29, 0.717) is 58.2 Å². The Kier molecular flexibility index (Phi) is 13.3. The lowest BCUT2D eigenvalue weighted by Gasteiger charge is -2.30. The van der Waals surface area contributed by atoms with Crippen molar-refractivity contribution in [3.8, 4) is 0 Å². The summed E-state index contributed by atoms with van der Waals surface area (Å²) in [6.07, 6.45) is 5.94. The van der Waals surface area contributed by atoms with Crippen LogP contribution in [0.5, 0.6) is 0 Å². The minimum atomic E-state index is -3.58. The summed E-state index contributed by atoms with van der Waals surface area (Å²) in [7, 11) is -2.94. The molecule has 6 rings (SSSR count). The summed E-state index contributed by atoms with van der Waals surface area (Å²) in [5.74, 6) is -1.81. The number of amides is 2. The average molecular weight is 850 g/mol. The van der Waals surface area contributed by atoms with E-state index >= 15 is 0 Å². The quantitative estimate of drug-likeness (QED) is 0.0641. The number of hydrogen-bond donors (Lipinski definition) is 1. The molecule has 0 saturated carbocycles. The van der Waals surface area contributed by atoms with Crippen LogP contribution in [0.1, 0.15) is 69.5 Å². The summed E-state index contributed by atoms with van der Waals surface area (Å²) < 4.78 is 51.8. The zero-order valence-electron chi connectivity index (χ0n) is 29.7. The van der Waals surface area contributed by atoms with Gasteiger partial charge in [0.25, 0.3) is 11.8 Å². The first-order valence-corrected chi connectivity index (χ1v) is 22.9. The van der Waals surface area contributed by atoms with Crippen molar-refractivity contribution in [3.05, 3.63) is 98.7 Å². The van der Waals surface area contributed by atoms with Gasteiger partial charge in [-0.1, -0.05) is 58.6 Å². The molecule has 12 nitrogen and oxygen atoms in total. The molecule has 3 atom stereocenters. The molecule has 0 bridgehead atoms. The van der Waals surface area contributed by atoms with Gasteiger partial charge >= 0.3 is 11.9 Å². The third kappa shape index (κ3) is 10.3. The number of ether oxygens (including phenoxy) is 2. The summed E-state index contributed by atoms with van der Waals surface area (Å²) >= 11 is 13.5. The molecule has 2 aliphatic heterocycles. The van der Waals surface area contributed by atoms with Gasteiger partial charge < -0.3 is 24.1 Å². The van der Waals surface area contributed by atoms with Crippen LogP contribution in [-0.2, 0) is 58.1 Å². The van der Waals surface area contributed by atoms with E-state index in [9.17, 15) is 31.8 Å². The maximum atomic E-state index is 13.8. The predicted molar refractivity (Wildman–Crippen MR) is 210 cm³/mol. The second-order valence-electron chi connectivity index (χ2n) is 13.3. The lowest BCUT2D eigenvalue weighted by atomic mass is 9.95. The SMILES string of the molecule is CS(=O)(=O)c1cccc(CC(NC(=O)c2c(Cl)cc3c(c2Cl)CCN(C(=O)c2ccc4ccoc4c2)C3)C(=O)OCOC(=O)CCCC[C@@H]2CCS(=O)S2)c1. The second-order valence-corrected chi connectivity index (χ2v) is 19.7. The Bertz CT molecular complexity index is 2260. The van der Waals surface area contributed by atoms with E-state index in [1.165, 1.54) is 29.0 Å². The lowest BCUT2D eigenvalue weighted by Crippen LogP contribution is -2.44. The van der Waals surface area contributed by atoms with E-state index in [2.05, 4.69) is 5.32 Å².